The van der Waals surface area contributed by atoms with Gasteiger partial charge in [-0.2, -0.15) is 5.26 Å². The molecule has 0 aliphatic heterocycles. The van der Waals surface area contributed by atoms with Gasteiger partial charge in [-0.15, -0.1) is 0 Å². The molecular weight excluding hydrogens is 317 g/mol. The molecule has 0 aromatic heterocycles. The van der Waals surface area contributed by atoms with Crippen molar-refractivity contribution in [2.45, 2.75) is 6.42 Å². The Kier molecular flexibility index (Phi) is 4.87. The number of esters is 1. The molecule has 0 heterocycles. The zero-order valence-corrected chi connectivity index (χ0v) is 13.3. The molecule has 0 fully saturated rings. The molecule has 0 amide bonds. The van der Waals surface area contributed by atoms with Crippen molar-refractivity contribution in [3.8, 4) is 22.9 Å². The molecule has 0 spiro atoms. The monoisotopic (exact) mass is 331 g/mol. The van der Waals surface area contributed by atoms with E-state index in [4.69, 9.17) is 10.00 Å². The van der Waals surface area contributed by atoms with Crippen LogP contribution in [0.25, 0.3) is 11.1 Å². The molecule has 0 saturated heterocycles. The summed E-state index contributed by atoms with van der Waals surface area (Å²) in [5.41, 5.74) is 2.81. The van der Waals surface area contributed by atoms with E-state index in [9.17, 15) is 9.18 Å². The van der Waals surface area contributed by atoms with Gasteiger partial charge >= 0.3 is 5.97 Å². The third-order valence-electron chi connectivity index (χ3n) is 3.73. The highest BCUT2D eigenvalue weighted by Gasteiger charge is 2.10. The largest absolute Gasteiger partial charge is 0.426 e. The van der Waals surface area contributed by atoms with E-state index in [0.29, 0.717) is 16.9 Å². The van der Waals surface area contributed by atoms with Gasteiger partial charge < -0.3 is 4.74 Å². The number of ether oxygens (including phenoxy) is 1. The molecule has 0 N–H and O–H groups in total. The van der Waals surface area contributed by atoms with Gasteiger partial charge in [0.05, 0.1) is 18.1 Å². The minimum atomic E-state index is -0.517. The van der Waals surface area contributed by atoms with E-state index in [1.165, 1.54) is 6.07 Å². The van der Waals surface area contributed by atoms with Crippen LogP contribution in [0.5, 0.6) is 5.75 Å². The number of carbonyl (C=O) groups is 1. The molecule has 3 rings (SSSR count). The maximum Gasteiger partial charge on any atom is 0.315 e. The van der Waals surface area contributed by atoms with Crippen molar-refractivity contribution in [1.29, 1.82) is 5.26 Å². The van der Waals surface area contributed by atoms with Crippen LogP contribution in [0.1, 0.15) is 11.1 Å². The van der Waals surface area contributed by atoms with Crippen LogP contribution in [-0.4, -0.2) is 5.97 Å². The number of rotatable bonds is 4. The molecule has 0 aliphatic carbocycles. The molecule has 0 atom stereocenters. The van der Waals surface area contributed by atoms with Crippen LogP contribution in [0.4, 0.5) is 4.39 Å². The third-order valence-corrected chi connectivity index (χ3v) is 3.73. The highest BCUT2D eigenvalue weighted by Crippen LogP contribution is 2.23. The van der Waals surface area contributed by atoms with Crippen LogP contribution in [-0.2, 0) is 11.2 Å². The Labute approximate surface area is 144 Å². The summed E-state index contributed by atoms with van der Waals surface area (Å²) in [7, 11) is 0. The van der Waals surface area contributed by atoms with Crippen molar-refractivity contribution in [2.24, 2.45) is 0 Å². The lowest BCUT2D eigenvalue weighted by atomic mass is 10.0. The Bertz CT molecular complexity index is 925. The first-order valence-electron chi connectivity index (χ1n) is 7.70. The minimum absolute atomic E-state index is 0.121. The number of carbonyl (C=O) groups excluding carboxylic acids is 1. The molecule has 0 aliphatic rings. The number of benzene rings is 3. The number of nitrogens with zero attached hydrogens (tertiary/aromatic N) is 1. The van der Waals surface area contributed by atoms with Gasteiger partial charge in [-0.05, 0) is 47.0 Å². The van der Waals surface area contributed by atoms with Crippen LogP contribution in [0.15, 0.2) is 72.8 Å². The van der Waals surface area contributed by atoms with Gasteiger partial charge in [-0.1, -0.05) is 42.5 Å². The number of hydrogen-bond donors (Lipinski definition) is 0. The smallest absolute Gasteiger partial charge is 0.315 e. The predicted molar refractivity (Wildman–Crippen MR) is 92.3 cm³/mol. The van der Waals surface area contributed by atoms with E-state index in [1.54, 1.807) is 42.5 Å². The van der Waals surface area contributed by atoms with Gasteiger partial charge in [0.2, 0.25) is 0 Å². The molecule has 122 valence electrons. The quantitative estimate of drug-likeness (QED) is 0.522. The average Bonchev–Trinajstić information content (AvgIpc) is 2.64. The Morgan fingerprint density at radius 1 is 0.920 bits per heavy atom. The first-order valence-corrected chi connectivity index (χ1v) is 7.70. The standard InChI is InChI=1S/C21H14FNO2/c22-20-4-2-1-3-18(20)13-21(24)25-19-11-9-17(10-12-19)16-7-5-15(14-23)6-8-16/h1-12H,13H2. The number of hydrogen-bond acceptors (Lipinski definition) is 3. The van der Waals surface area contributed by atoms with Crippen LogP contribution in [0.3, 0.4) is 0 Å². The van der Waals surface area contributed by atoms with E-state index in [0.717, 1.165) is 11.1 Å². The molecular formula is C21H14FNO2. The first-order chi connectivity index (χ1) is 12.2. The summed E-state index contributed by atoms with van der Waals surface area (Å²) in [5, 5.41) is 8.82. The maximum absolute atomic E-state index is 13.6. The summed E-state index contributed by atoms with van der Waals surface area (Å²) >= 11 is 0. The van der Waals surface area contributed by atoms with Crippen molar-refractivity contribution in [1.82, 2.24) is 0 Å². The third kappa shape index (κ3) is 4.10. The van der Waals surface area contributed by atoms with Crippen molar-refractivity contribution >= 4 is 5.97 Å². The predicted octanol–water partition coefficient (Wildman–Crippen LogP) is 4.51. The van der Waals surface area contributed by atoms with E-state index in [-0.39, 0.29) is 6.42 Å². The van der Waals surface area contributed by atoms with Crippen LogP contribution >= 0.6 is 0 Å². The molecule has 3 nitrogen and oxygen atoms in total. The second-order valence-corrected chi connectivity index (χ2v) is 5.46. The lowest BCUT2D eigenvalue weighted by Crippen LogP contribution is -2.12. The molecule has 3 aromatic carbocycles. The van der Waals surface area contributed by atoms with Gasteiger partial charge in [-0.25, -0.2) is 4.39 Å². The fraction of sp³-hybridized carbons (Fsp3) is 0.0476. The van der Waals surface area contributed by atoms with Crippen LogP contribution in [0, 0.1) is 17.1 Å². The minimum Gasteiger partial charge on any atom is -0.426 e. The van der Waals surface area contributed by atoms with Crippen molar-refractivity contribution < 1.29 is 13.9 Å². The van der Waals surface area contributed by atoms with E-state index in [2.05, 4.69) is 6.07 Å². The SMILES string of the molecule is N#Cc1ccc(-c2ccc(OC(=O)Cc3ccccc3F)cc2)cc1. The summed E-state index contributed by atoms with van der Waals surface area (Å²) in [4.78, 5) is 11.9. The molecule has 0 unspecified atom stereocenters. The lowest BCUT2D eigenvalue weighted by molar-refractivity contribution is -0.133. The fourth-order valence-corrected chi connectivity index (χ4v) is 2.42. The fourth-order valence-electron chi connectivity index (χ4n) is 2.42. The molecule has 25 heavy (non-hydrogen) atoms. The molecule has 0 radical (unpaired) electrons. The zero-order valence-electron chi connectivity index (χ0n) is 13.3. The zero-order chi connectivity index (χ0) is 17.6. The molecule has 4 heteroatoms. The topological polar surface area (TPSA) is 50.1 Å². The summed E-state index contributed by atoms with van der Waals surface area (Å²) in [6.07, 6.45) is -0.121. The molecule has 0 bridgehead atoms. The highest BCUT2D eigenvalue weighted by atomic mass is 19.1. The van der Waals surface area contributed by atoms with E-state index < -0.39 is 11.8 Å². The molecule has 3 aromatic rings. The Hall–Kier alpha value is -3.45. The van der Waals surface area contributed by atoms with Crippen molar-refractivity contribution in [3.05, 3.63) is 89.7 Å². The number of nitriles is 1. The van der Waals surface area contributed by atoms with Gasteiger partial charge in [-0.3, -0.25) is 4.79 Å². The number of halogens is 1. The maximum atomic E-state index is 13.6. The Balaban J connectivity index is 1.67. The summed E-state index contributed by atoms with van der Waals surface area (Å²) in [6.45, 7) is 0. The Morgan fingerprint density at radius 2 is 1.52 bits per heavy atom. The van der Waals surface area contributed by atoms with Crippen molar-refractivity contribution in [2.75, 3.05) is 0 Å². The summed E-state index contributed by atoms with van der Waals surface area (Å²) < 4.78 is 18.8. The van der Waals surface area contributed by atoms with Crippen LogP contribution in [0.2, 0.25) is 0 Å². The highest BCUT2D eigenvalue weighted by molar-refractivity contribution is 5.75. The Morgan fingerprint density at radius 3 is 2.12 bits per heavy atom. The van der Waals surface area contributed by atoms with E-state index in [1.807, 2.05) is 24.3 Å². The van der Waals surface area contributed by atoms with Crippen LogP contribution < -0.4 is 4.74 Å². The van der Waals surface area contributed by atoms with Gasteiger partial charge in [0.15, 0.2) is 0 Å². The van der Waals surface area contributed by atoms with Gasteiger partial charge in [0.25, 0.3) is 0 Å². The normalized spacial score (nSPS) is 10.1. The summed E-state index contributed by atoms with van der Waals surface area (Å²) in [6, 6.07) is 22.4. The second-order valence-electron chi connectivity index (χ2n) is 5.46. The van der Waals surface area contributed by atoms with Gasteiger partial charge in [0.1, 0.15) is 11.6 Å². The van der Waals surface area contributed by atoms with E-state index >= 15 is 0 Å². The lowest BCUT2D eigenvalue weighted by Gasteiger charge is -2.07. The average molecular weight is 331 g/mol. The molecule has 0 saturated carbocycles. The second kappa shape index (κ2) is 7.41. The van der Waals surface area contributed by atoms with Gasteiger partial charge in [0, 0.05) is 0 Å². The summed E-state index contributed by atoms with van der Waals surface area (Å²) in [5.74, 6) is -0.537. The first kappa shape index (κ1) is 16.4. The van der Waals surface area contributed by atoms with Crippen molar-refractivity contribution in [3.63, 3.8) is 0 Å².